The largest absolute Gasteiger partial charge is 0.491 e. The van der Waals surface area contributed by atoms with E-state index in [1.807, 2.05) is 55.2 Å². The van der Waals surface area contributed by atoms with Crippen LogP contribution in [0.2, 0.25) is 0 Å². The monoisotopic (exact) mass is 909 g/mol. The van der Waals surface area contributed by atoms with Crippen molar-refractivity contribution in [1.29, 1.82) is 0 Å². The molecule has 4 aromatic heterocycles. The van der Waals surface area contributed by atoms with Gasteiger partial charge in [0.2, 0.25) is 23.7 Å². The number of benzene rings is 2. The second kappa shape index (κ2) is 20.2. The van der Waals surface area contributed by atoms with E-state index in [4.69, 9.17) is 26.2 Å². The van der Waals surface area contributed by atoms with Gasteiger partial charge in [0.05, 0.1) is 39.6 Å². The van der Waals surface area contributed by atoms with Crippen molar-refractivity contribution in [3.05, 3.63) is 80.6 Å². The molecule has 6 aromatic rings. The minimum atomic E-state index is -0.637. The van der Waals surface area contributed by atoms with Crippen molar-refractivity contribution >= 4 is 80.7 Å². The van der Waals surface area contributed by atoms with Crippen molar-refractivity contribution < 1.29 is 23.9 Å². The molecule has 20 heteroatoms. The number of primary amides is 2. The molecule has 0 unspecified atom stereocenters. The highest BCUT2D eigenvalue weighted by Crippen LogP contribution is 2.33. The predicted molar refractivity (Wildman–Crippen MR) is 251 cm³/mol. The Morgan fingerprint density at radius 2 is 1.41 bits per heavy atom. The lowest BCUT2D eigenvalue weighted by molar-refractivity contribution is 0.0991. The summed E-state index contributed by atoms with van der Waals surface area (Å²) in [6, 6.07) is 8.28. The highest BCUT2D eigenvalue weighted by molar-refractivity contribution is 7.98. The number of allylic oxidation sites excluding steroid dienone is 2. The van der Waals surface area contributed by atoms with Crippen LogP contribution in [-0.2, 0) is 26.1 Å². The zero-order valence-corrected chi connectivity index (χ0v) is 38.7. The van der Waals surface area contributed by atoms with Crippen LogP contribution in [0.15, 0.2) is 47.4 Å². The van der Waals surface area contributed by atoms with Crippen molar-refractivity contribution in [1.82, 2.24) is 43.7 Å². The number of carbonyl (C=O) groups is 4. The minimum absolute atomic E-state index is 0.210. The molecule has 338 valence electrons. The van der Waals surface area contributed by atoms with E-state index in [1.165, 1.54) is 23.1 Å². The van der Waals surface area contributed by atoms with E-state index in [1.54, 1.807) is 35.0 Å². The summed E-state index contributed by atoms with van der Waals surface area (Å²) in [5.74, 6) is -1.06. The molecule has 5 heterocycles. The molecule has 7 rings (SSSR count). The fourth-order valence-corrected chi connectivity index (χ4v) is 9.45. The Balaban J connectivity index is 1.24. The van der Waals surface area contributed by atoms with Gasteiger partial charge in [-0.3, -0.25) is 34.5 Å². The van der Waals surface area contributed by atoms with Gasteiger partial charge in [0, 0.05) is 68.4 Å². The number of piperazine rings is 1. The molecule has 1 saturated heterocycles. The normalized spacial score (nSPS) is 13.7. The molecule has 1 fully saturated rings. The maximum atomic E-state index is 13.9. The van der Waals surface area contributed by atoms with Crippen molar-refractivity contribution in [2.45, 2.75) is 72.0 Å². The number of hydrogen-bond acceptors (Lipinski definition) is 13. The number of thiazole rings is 1. The van der Waals surface area contributed by atoms with Crippen LogP contribution in [0.25, 0.3) is 22.1 Å². The highest BCUT2D eigenvalue weighted by atomic mass is 32.2. The van der Waals surface area contributed by atoms with E-state index in [-0.39, 0.29) is 36.5 Å². The first-order chi connectivity index (χ1) is 30.8. The molecule has 0 bridgehead atoms. The van der Waals surface area contributed by atoms with Crippen molar-refractivity contribution in [3.8, 4) is 5.75 Å². The lowest BCUT2D eigenvalue weighted by Gasteiger charge is -2.33. The van der Waals surface area contributed by atoms with Crippen molar-refractivity contribution in [3.63, 3.8) is 0 Å². The fourth-order valence-electron chi connectivity index (χ4n) is 7.90. The highest BCUT2D eigenvalue weighted by Gasteiger charge is 2.24. The number of imidazole rings is 2. The van der Waals surface area contributed by atoms with Gasteiger partial charge in [-0.25, -0.2) is 15.0 Å². The fraction of sp³-hybridized carbons (Fsp3) is 0.409. The number of hydrogen-bond donors (Lipinski definition) is 4. The molecule has 6 N–H and O–H groups in total. The Bertz CT molecular complexity index is 2740. The molecule has 0 spiro atoms. The molecule has 0 atom stereocenters. The Morgan fingerprint density at radius 3 is 2.02 bits per heavy atom. The van der Waals surface area contributed by atoms with Crippen LogP contribution >= 0.6 is 23.1 Å². The number of likely N-dealkylation sites (N-methyl/N-ethyl adjacent to an activating group) is 1. The number of nitrogens with two attached hydrogens (primary N) is 2. The molecule has 64 heavy (non-hydrogen) atoms. The van der Waals surface area contributed by atoms with Gasteiger partial charge in [0.15, 0.2) is 0 Å². The maximum absolute atomic E-state index is 13.9. The summed E-state index contributed by atoms with van der Waals surface area (Å²) in [6.45, 7) is 17.0. The number of nitrogens with zero attached hydrogens (tertiary/aromatic N) is 9. The Kier molecular flexibility index (Phi) is 14.5. The van der Waals surface area contributed by atoms with Crippen LogP contribution in [0, 0.1) is 13.8 Å². The molecular weight excluding hydrogens is 855 g/mol. The molecule has 1 aliphatic rings. The molecule has 4 amide bonds. The summed E-state index contributed by atoms with van der Waals surface area (Å²) >= 11 is 2.74. The number of carbonyl (C=O) groups excluding carboxylic acids is 4. The third kappa shape index (κ3) is 9.99. The van der Waals surface area contributed by atoms with Gasteiger partial charge >= 0.3 is 0 Å². The summed E-state index contributed by atoms with van der Waals surface area (Å²) in [7, 11) is 0. The van der Waals surface area contributed by atoms with Gasteiger partial charge in [0.1, 0.15) is 21.8 Å². The molecule has 18 nitrogen and oxygen atoms in total. The zero-order valence-electron chi connectivity index (χ0n) is 37.1. The second-order valence-electron chi connectivity index (χ2n) is 15.4. The first-order valence-corrected chi connectivity index (χ1v) is 23.4. The Morgan fingerprint density at radius 1 is 0.797 bits per heavy atom. The number of anilines is 2. The van der Waals surface area contributed by atoms with Gasteiger partial charge in [-0.1, -0.05) is 26.0 Å². The van der Waals surface area contributed by atoms with E-state index >= 15 is 0 Å². The molecular formula is C44H55N13O5S2. The Hall–Kier alpha value is -6.09. The number of amides is 4. The van der Waals surface area contributed by atoms with Crippen LogP contribution in [0.3, 0.4) is 0 Å². The summed E-state index contributed by atoms with van der Waals surface area (Å²) in [5, 5.41) is 11.2. The van der Waals surface area contributed by atoms with Crippen LogP contribution in [0.5, 0.6) is 5.75 Å². The molecule has 0 aliphatic carbocycles. The maximum Gasteiger partial charge on any atom is 0.276 e. The van der Waals surface area contributed by atoms with Crippen molar-refractivity contribution in [2.24, 2.45) is 11.5 Å². The molecule has 1 aliphatic heterocycles. The third-order valence-electron chi connectivity index (χ3n) is 11.2. The van der Waals surface area contributed by atoms with Crippen LogP contribution in [-0.4, -0.2) is 119 Å². The predicted octanol–water partition coefficient (Wildman–Crippen LogP) is 5.33. The number of fused-ring (bicyclic) bond motifs is 2. The standard InChI is InChI=1S/C44H55N13O5S2/c1-7-30-38(64-27(5)47-30)42(61)51-44-49-32-23-29(40(46)59)25-35(63-6)37(32)56(44)15-11-10-14-55-36-31(48-43(55)50-41(60)33-21-26(4)52-57(33)9-3)22-28(39(45)58)24-34(36)62-20-12-13-54-18-16-53(8-2)17-19-54/h10-11,21-25H,7-9,12-20H2,1-6H3,(H2,45,58)(H2,46,59)(H,48,50,60)(H,49,51,61)/b11-10+. The second-order valence-corrected chi connectivity index (χ2v) is 17.5. The van der Waals surface area contributed by atoms with Gasteiger partial charge in [-0.15, -0.1) is 23.1 Å². The molecule has 0 radical (unpaired) electrons. The first kappa shape index (κ1) is 45.9. The lowest BCUT2D eigenvalue weighted by atomic mass is 10.1. The van der Waals surface area contributed by atoms with E-state index < -0.39 is 17.7 Å². The molecule has 2 aromatic carbocycles. The van der Waals surface area contributed by atoms with Gasteiger partial charge in [0.25, 0.3) is 11.8 Å². The van der Waals surface area contributed by atoms with Gasteiger partial charge in [-0.2, -0.15) is 5.10 Å². The smallest absolute Gasteiger partial charge is 0.276 e. The Labute approximate surface area is 379 Å². The number of aromatic nitrogens is 7. The number of aryl methyl sites for hydroxylation is 4. The van der Waals surface area contributed by atoms with E-state index in [2.05, 4.69) is 37.4 Å². The summed E-state index contributed by atoms with van der Waals surface area (Å²) in [5.41, 5.74) is 16.0. The van der Waals surface area contributed by atoms with Crippen molar-refractivity contribution in [2.75, 3.05) is 62.8 Å². The SMILES string of the molecule is CCc1nc(C)sc1C(=O)Nc1nc2cc(C(N)=O)cc(SC)c2n1C/C=C/Cn1c(NC(=O)c2cc(C)nn2CC)nc2cc(C(N)=O)cc(OCCCN3CCN(CC)CC3)c21. The van der Waals surface area contributed by atoms with E-state index in [9.17, 15) is 19.2 Å². The number of ether oxygens (including phenoxy) is 1. The molecule has 0 saturated carbocycles. The van der Waals surface area contributed by atoms with Gasteiger partial charge < -0.3 is 35.1 Å². The first-order valence-electron chi connectivity index (χ1n) is 21.4. The summed E-state index contributed by atoms with van der Waals surface area (Å²) in [4.78, 5) is 72.8. The van der Waals surface area contributed by atoms with Crippen LogP contribution in [0.4, 0.5) is 11.9 Å². The summed E-state index contributed by atoms with van der Waals surface area (Å²) < 4.78 is 11.8. The topological polar surface area (TPSA) is 226 Å². The zero-order chi connectivity index (χ0) is 45.7. The van der Waals surface area contributed by atoms with Gasteiger partial charge in [-0.05, 0) is 76.7 Å². The number of nitrogens with one attached hydrogen (secondary N) is 2. The quantitative estimate of drug-likeness (QED) is 0.0460. The van der Waals surface area contributed by atoms with E-state index in [0.29, 0.717) is 74.9 Å². The van der Waals surface area contributed by atoms with Crippen LogP contribution in [0.1, 0.15) is 84.5 Å². The number of rotatable bonds is 19. The minimum Gasteiger partial charge on any atom is -0.491 e. The average Bonchev–Trinajstić information content (AvgIpc) is 4.05. The van der Waals surface area contributed by atoms with Crippen LogP contribution < -0.4 is 26.8 Å². The average molecular weight is 910 g/mol. The number of thioether (sulfide) groups is 1. The lowest BCUT2D eigenvalue weighted by Crippen LogP contribution is -2.46. The van der Waals surface area contributed by atoms with E-state index in [0.717, 1.165) is 55.6 Å². The summed E-state index contributed by atoms with van der Waals surface area (Å²) in [6.07, 6.45) is 7.07. The third-order valence-corrected chi connectivity index (χ3v) is 12.9.